The standard InChI is InChI=1S/C11H7Br2NO3/c1-4-2-5-8(10(13)9(4)12)6(15)3-7(16)11(17)14-5/h2-3,15H,1H3,(H,14,16,17). The number of aromatic hydroxyl groups is 1. The molecule has 2 rings (SSSR count). The minimum Gasteiger partial charge on any atom is -0.507 e. The Hall–Kier alpha value is -1.14. The Morgan fingerprint density at radius 1 is 1.18 bits per heavy atom. The predicted octanol–water partition coefficient (Wildman–Crippen LogP) is 2.43. The Kier molecular flexibility index (Phi) is 3.09. The van der Waals surface area contributed by atoms with Crippen LogP contribution in [0.25, 0.3) is 10.9 Å². The second-order valence-corrected chi connectivity index (χ2v) is 5.18. The lowest BCUT2D eigenvalue weighted by atomic mass is 10.1. The molecule has 0 aliphatic rings. The highest BCUT2D eigenvalue weighted by Crippen LogP contribution is 2.36. The summed E-state index contributed by atoms with van der Waals surface area (Å²) in [6.07, 6.45) is 0. The molecule has 1 heterocycles. The molecule has 0 fully saturated rings. The lowest BCUT2D eigenvalue weighted by Crippen LogP contribution is -2.22. The van der Waals surface area contributed by atoms with Crippen LogP contribution in [-0.2, 0) is 0 Å². The third-order valence-electron chi connectivity index (χ3n) is 2.38. The van der Waals surface area contributed by atoms with Gasteiger partial charge in [0.2, 0.25) is 5.43 Å². The Morgan fingerprint density at radius 3 is 2.47 bits per heavy atom. The molecule has 88 valence electrons. The summed E-state index contributed by atoms with van der Waals surface area (Å²) < 4.78 is 1.36. The fraction of sp³-hybridized carbons (Fsp3) is 0.0909. The van der Waals surface area contributed by atoms with E-state index in [4.69, 9.17) is 0 Å². The molecule has 4 nitrogen and oxygen atoms in total. The summed E-state index contributed by atoms with van der Waals surface area (Å²) in [6, 6.07) is 2.60. The number of halogens is 2. The van der Waals surface area contributed by atoms with Crippen LogP contribution in [0.1, 0.15) is 5.56 Å². The number of nitrogens with one attached hydrogen (secondary N) is 1. The molecule has 0 aliphatic carbocycles. The zero-order valence-electron chi connectivity index (χ0n) is 8.67. The van der Waals surface area contributed by atoms with E-state index in [1.807, 2.05) is 6.92 Å². The van der Waals surface area contributed by atoms with Crippen LogP contribution in [-0.4, -0.2) is 10.1 Å². The van der Waals surface area contributed by atoms with Crippen LogP contribution in [0.5, 0.6) is 5.75 Å². The van der Waals surface area contributed by atoms with Gasteiger partial charge in [-0.25, -0.2) is 0 Å². The highest BCUT2D eigenvalue weighted by molar-refractivity contribution is 9.13. The van der Waals surface area contributed by atoms with Gasteiger partial charge in [-0.2, -0.15) is 0 Å². The summed E-state index contributed by atoms with van der Waals surface area (Å²) in [7, 11) is 0. The minimum absolute atomic E-state index is 0.240. The van der Waals surface area contributed by atoms with Crippen LogP contribution in [0, 0.1) is 6.92 Å². The third-order valence-corrected chi connectivity index (χ3v) is 4.73. The number of hydrogen-bond acceptors (Lipinski definition) is 3. The topological polar surface area (TPSA) is 70.2 Å². The van der Waals surface area contributed by atoms with Crippen molar-refractivity contribution < 1.29 is 5.11 Å². The Balaban J connectivity index is 3.19. The molecule has 0 radical (unpaired) electrons. The van der Waals surface area contributed by atoms with Crippen molar-refractivity contribution in [2.75, 3.05) is 0 Å². The lowest BCUT2D eigenvalue weighted by Gasteiger charge is -2.05. The number of benzene rings is 1. The molecule has 0 amide bonds. The molecule has 0 unspecified atom stereocenters. The summed E-state index contributed by atoms with van der Waals surface area (Å²) >= 11 is 6.68. The van der Waals surface area contributed by atoms with Gasteiger partial charge in [-0.05, 0) is 50.4 Å². The smallest absolute Gasteiger partial charge is 0.296 e. The Morgan fingerprint density at radius 2 is 1.82 bits per heavy atom. The first-order chi connectivity index (χ1) is 7.91. The van der Waals surface area contributed by atoms with Crippen LogP contribution in [0.4, 0.5) is 0 Å². The molecule has 0 saturated carbocycles. The quantitative estimate of drug-likeness (QED) is 0.709. The van der Waals surface area contributed by atoms with Crippen LogP contribution in [0.2, 0.25) is 0 Å². The van der Waals surface area contributed by atoms with E-state index in [1.54, 1.807) is 6.07 Å². The van der Waals surface area contributed by atoms with E-state index >= 15 is 0 Å². The van der Waals surface area contributed by atoms with Gasteiger partial charge in [-0.15, -0.1) is 0 Å². The average molecular weight is 361 g/mol. The highest BCUT2D eigenvalue weighted by atomic mass is 79.9. The fourth-order valence-corrected chi connectivity index (χ4v) is 2.59. The van der Waals surface area contributed by atoms with Gasteiger partial charge in [0.1, 0.15) is 5.75 Å². The van der Waals surface area contributed by atoms with Gasteiger partial charge in [-0.3, -0.25) is 9.59 Å². The van der Waals surface area contributed by atoms with Gasteiger partial charge in [0, 0.05) is 15.0 Å². The van der Waals surface area contributed by atoms with Crippen molar-refractivity contribution in [1.82, 2.24) is 4.98 Å². The number of fused-ring (bicyclic) bond motifs is 1. The zero-order valence-corrected chi connectivity index (χ0v) is 11.8. The second-order valence-electron chi connectivity index (χ2n) is 3.59. The van der Waals surface area contributed by atoms with Crippen molar-refractivity contribution >= 4 is 42.8 Å². The summed E-state index contributed by atoms with van der Waals surface area (Å²) in [5, 5.41) is 10.2. The average Bonchev–Trinajstić information content (AvgIpc) is 2.34. The first kappa shape index (κ1) is 12.3. The molecule has 6 heteroatoms. The van der Waals surface area contributed by atoms with Crippen LogP contribution < -0.4 is 11.0 Å². The zero-order chi connectivity index (χ0) is 12.7. The van der Waals surface area contributed by atoms with Crippen molar-refractivity contribution in [3.63, 3.8) is 0 Å². The van der Waals surface area contributed by atoms with Crippen LogP contribution in [0.3, 0.4) is 0 Å². The molecule has 1 aromatic heterocycles. The van der Waals surface area contributed by atoms with Crippen LogP contribution in [0.15, 0.2) is 30.7 Å². The second kappa shape index (κ2) is 4.27. The van der Waals surface area contributed by atoms with Gasteiger partial charge in [0.05, 0.1) is 10.9 Å². The predicted molar refractivity (Wildman–Crippen MR) is 72.6 cm³/mol. The number of H-pyrrole nitrogens is 1. The molecule has 1 aromatic carbocycles. The molecule has 2 aromatic rings. The highest BCUT2D eigenvalue weighted by Gasteiger charge is 2.11. The Bertz CT molecular complexity index is 737. The van der Waals surface area contributed by atoms with E-state index in [2.05, 4.69) is 36.8 Å². The first-order valence-electron chi connectivity index (χ1n) is 4.66. The number of rotatable bonds is 0. The van der Waals surface area contributed by atoms with Crippen LogP contribution >= 0.6 is 31.9 Å². The largest absolute Gasteiger partial charge is 0.507 e. The maximum Gasteiger partial charge on any atom is 0.296 e. The fourth-order valence-electron chi connectivity index (χ4n) is 1.55. The molecule has 17 heavy (non-hydrogen) atoms. The maximum absolute atomic E-state index is 11.4. The molecular weight excluding hydrogens is 354 g/mol. The van der Waals surface area contributed by atoms with Crippen molar-refractivity contribution in [3.05, 3.63) is 47.2 Å². The maximum atomic E-state index is 11.4. The monoisotopic (exact) mass is 359 g/mol. The van der Waals surface area contributed by atoms with E-state index < -0.39 is 11.0 Å². The summed E-state index contributed by atoms with van der Waals surface area (Å²) in [4.78, 5) is 25.1. The minimum atomic E-state index is -0.778. The van der Waals surface area contributed by atoms with E-state index in [-0.39, 0.29) is 5.75 Å². The normalized spacial score (nSPS) is 10.8. The van der Waals surface area contributed by atoms with E-state index in [0.717, 1.165) is 16.1 Å². The molecular formula is C11H7Br2NO3. The molecule has 0 aliphatic heterocycles. The number of aryl methyl sites for hydroxylation is 1. The SMILES string of the molecule is Cc1cc2[nH]c(=O)c(=O)cc(O)c2c(Br)c1Br. The lowest BCUT2D eigenvalue weighted by molar-refractivity contribution is 0.481. The molecule has 2 N–H and O–H groups in total. The van der Waals surface area contributed by atoms with Crippen molar-refractivity contribution in [2.24, 2.45) is 0 Å². The van der Waals surface area contributed by atoms with E-state index in [9.17, 15) is 14.7 Å². The summed E-state index contributed by atoms with van der Waals surface area (Å²) in [6.45, 7) is 1.84. The molecule has 0 atom stereocenters. The summed E-state index contributed by atoms with van der Waals surface area (Å²) in [5.74, 6) is -0.240. The van der Waals surface area contributed by atoms with Gasteiger partial charge < -0.3 is 10.1 Å². The number of hydrogen-bond donors (Lipinski definition) is 2. The van der Waals surface area contributed by atoms with E-state index in [1.165, 1.54) is 0 Å². The van der Waals surface area contributed by atoms with Crippen molar-refractivity contribution in [2.45, 2.75) is 6.92 Å². The van der Waals surface area contributed by atoms with Crippen molar-refractivity contribution in [3.8, 4) is 5.75 Å². The molecule has 0 spiro atoms. The number of aromatic nitrogens is 1. The van der Waals surface area contributed by atoms with Gasteiger partial charge in [-0.1, -0.05) is 0 Å². The van der Waals surface area contributed by atoms with Gasteiger partial charge in [0.15, 0.2) is 0 Å². The molecule has 0 saturated heterocycles. The Labute approximate surface area is 113 Å². The van der Waals surface area contributed by atoms with Gasteiger partial charge >= 0.3 is 0 Å². The third kappa shape index (κ3) is 2.02. The summed E-state index contributed by atoms with van der Waals surface area (Å²) in [5.41, 5.74) is -0.261. The van der Waals surface area contributed by atoms with Crippen molar-refractivity contribution in [1.29, 1.82) is 0 Å². The van der Waals surface area contributed by atoms with Gasteiger partial charge in [0.25, 0.3) is 5.56 Å². The van der Waals surface area contributed by atoms with E-state index in [0.29, 0.717) is 15.4 Å². The number of aromatic amines is 1. The molecule has 0 bridgehead atoms. The first-order valence-corrected chi connectivity index (χ1v) is 6.25.